The molecule has 1 aromatic carbocycles. The van der Waals surface area contributed by atoms with Gasteiger partial charge in [0.15, 0.2) is 0 Å². The molecule has 0 bridgehead atoms. The monoisotopic (exact) mass is 296 g/mol. The minimum atomic E-state index is -0.981. The largest absolute Gasteiger partial charge is 0.336 e. The van der Waals surface area contributed by atoms with Crippen molar-refractivity contribution in [1.29, 1.82) is 0 Å². The molecule has 116 valence electrons. The number of halogens is 1. The fourth-order valence-corrected chi connectivity index (χ4v) is 2.02. The number of unbranched alkanes of at least 4 members (excludes halogenated alkanes) is 1. The van der Waals surface area contributed by atoms with Crippen LogP contribution in [-0.4, -0.2) is 28.3 Å². The average molecular weight is 296 g/mol. The Kier molecular flexibility index (Phi) is 6.27. The van der Waals surface area contributed by atoms with Gasteiger partial charge in [0.1, 0.15) is 0 Å². The number of benzene rings is 1. The van der Waals surface area contributed by atoms with E-state index in [1.54, 1.807) is 4.90 Å². The highest BCUT2D eigenvalue weighted by Crippen LogP contribution is 2.20. The lowest BCUT2D eigenvalue weighted by Gasteiger charge is -2.28. The highest BCUT2D eigenvalue weighted by molar-refractivity contribution is 5.94. The van der Waals surface area contributed by atoms with Crippen molar-refractivity contribution in [1.82, 2.24) is 4.90 Å². The highest BCUT2D eigenvalue weighted by Gasteiger charge is 2.22. The number of carbonyl (C=O) groups is 1. The molecular formula is C15H21FN2O3. The molecule has 0 fully saturated rings. The van der Waals surface area contributed by atoms with Gasteiger partial charge in [0.2, 0.25) is 5.82 Å². The minimum absolute atomic E-state index is 0.0438. The Morgan fingerprint density at radius 3 is 2.57 bits per heavy atom. The number of nitro groups is 1. The highest BCUT2D eigenvalue weighted by atomic mass is 19.1. The number of amides is 1. The van der Waals surface area contributed by atoms with Crippen LogP contribution in [0.25, 0.3) is 0 Å². The molecule has 6 heteroatoms. The van der Waals surface area contributed by atoms with Gasteiger partial charge in [0.25, 0.3) is 5.91 Å². The van der Waals surface area contributed by atoms with E-state index in [-0.39, 0.29) is 17.5 Å². The number of nitro benzene ring substituents is 1. The second-order valence-electron chi connectivity index (χ2n) is 5.03. The summed E-state index contributed by atoms with van der Waals surface area (Å²) in [5.74, 6) is -1.27. The molecule has 1 unspecified atom stereocenters. The molecule has 5 nitrogen and oxygen atoms in total. The van der Waals surface area contributed by atoms with Crippen molar-refractivity contribution in [3.8, 4) is 0 Å². The summed E-state index contributed by atoms with van der Waals surface area (Å²) in [4.78, 5) is 24.0. The quantitative estimate of drug-likeness (QED) is 0.568. The second-order valence-corrected chi connectivity index (χ2v) is 5.03. The molecule has 0 spiro atoms. The summed E-state index contributed by atoms with van der Waals surface area (Å²) in [6.45, 7) is 6.55. The first-order valence-electron chi connectivity index (χ1n) is 7.17. The van der Waals surface area contributed by atoms with Gasteiger partial charge in [-0.15, -0.1) is 0 Å². The summed E-state index contributed by atoms with van der Waals surface area (Å²) in [5.41, 5.74) is -0.468. The Bertz CT molecular complexity index is 520. The molecule has 0 saturated heterocycles. The smallest absolute Gasteiger partial charge is 0.304 e. The van der Waals surface area contributed by atoms with Crippen LogP contribution < -0.4 is 0 Å². The van der Waals surface area contributed by atoms with E-state index >= 15 is 0 Å². The summed E-state index contributed by atoms with van der Waals surface area (Å²) >= 11 is 0. The van der Waals surface area contributed by atoms with Gasteiger partial charge < -0.3 is 4.90 Å². The summed E-state index contributed by atoms with van der Waals surface area (Å²) < 4.78 is 13.6. The zero-order valence-electron chi connectivity index (χ0n) is 12.6. The molecule has 0 saturated carbocycles. The number of nitrogens with zero attached hydrogens (tertiary/aromatic N) is 2. The van der Waals surface area contributed by atoms with E-state index < -0.39 is 16.4 Å². The van der Waals surface area contributed by atoms with Crippen molar-refractivity contribution < 1.29 is 14.1 Å². The molecule has 0 aliphatic carbocycles. The molecular weight excluding hydrogens is 275 g/mol. The fraction of sp³-hybridized carbons (Fsp3) is 0.533. The maximum Gasteiger partial charge on any atom is 0.304 e. The lowest BCUT2D eigenvalue weighted by atomic mass is 10.1. The second kappa shape index (κ2) is 7.71. The van der Waals surface area contributed by atoms with E-state index in [0.29, 0.717) is 6.54 Å². The van der Waals surface area contributed by atoms with Crippen molar-refractivity contribution in [3.63, 3.8) is 0 Å². The summed E-state index contributed by atoms with van der Waals surface area (Å²) in [6, 6.07) is 3.34. The molecule has 0 aliphatic heterocycles. The Labute approximate surface area is 123 Å². The number of carbonyl (C=O) groups excluding carboxylic acids is 1. The number of rotatable bonds is 7. The SMILES string of the molecule is CCCCN(C(=O)c1ccc([N+](=O)[O-])c(F)c1)C(C)CC. The van der Waals surface area contributed by atoms with Gasteiger partial charge in [-0.1, -0.05) is 20.3 Å². The van der Waals surface area contributed by atoms with Crippen molar-refractivity contribution in [3.05, 3.63) is 39.7 Å². The number of hydrogen-bond donors (Lipinski definition) is 0. The normalized spacial score (nSPS) is 12.0. The van der Waals surface area contributed by atoms with Gasteiger partial charge in [-0.25, -0.2) is 0 Å². The average Bonchev–Trinajstić information content (AvgIpc) is 2.46. The Morgan fingerprint density at radius 2 is 2.10 bits per heavy atom. The molecule has 1 aromatic rings. The Balaban J connectivity index is 3.03. The first-order valence-corrected chi connectivity index (χ1v) is 7.17. The van der Waals surface area contributed by atoms with Crippen LogP contribution in [0.1, 0.15) is 50.4 Å². The Hall–Kier alpha value is -1.98. The third kappa shape index (κ3) is 4.24. The van der Waals surface area contributed by atoms with Crippen LogP contribution in [0.3, 0.4) is 0 Å². The van der Waals surface area contributed by atoms with Crippen molar-refractivity contribution in [2.75, 3.05) is 6.54 Å². The lowest BCUT2D eigenvalue weighted by Crippen LogP contribution is -2.39. The maximum absolute atomic E-state index is 13.6. The van der Waals surface area contributed by atoms with Crippen LogP contribution in [0.4, 0.5) is 10.1 Å². The van der Waals surface area contributed by atoms with Crippen LogP contribution in [0.5, 0.6) is 0 Å². The van der Waals surface area contributed by atoms with Crippen LogP contribution >= 0.6 is 0 Å². The third-order valence-electron chi connectivity index (χ3n) is 3.53. The molecule has 0 heterocycles. The lowest BCUT2D eigenvalue weighted by molar-refractivity contribution is -0.387. The van der Waals surface area contributed by atoms with Crippen LogP contribution in [0, 0.1) is 15.9 Å². The first kappa shape index (κ1) is 17.1. The molecule has 0 radical (unpaired) electrons. The van der Waals surface area contributed by atoms with E-state index in [0.717, 1.165) is 31.4 Å². The maximum atomic E-state index is 13.6. The molecule has 1 rings (SSSR count). The van der Waals surface area contributed by atoms with Crippen molar-refractivity contribution in [2.45, 2.75) is 46.1 Å². The van der Waals surface area contributed by atoms with E-state index in [2.05, 4.69) is 0 Å². The van der Waals surface area contributed by atoms with Gasteiger partial charge in [0.05, 0.1) is 4.92 Å². The fourth-order valence-electron chi connectivity index (χ4n) is 2.02. The third-order valence-corrected chi connectivity index (χ3v) is 3.53. The Morgan fingerprint density at radius 1 is 1.43 bits per heavy atom. The van der Waals surface area contributed by atoms with Crippen molar-refractivity contribution in [2.24, 2.45) is 0 Å². The van der Waals surface area contributed by atoms with Gasteiger partial charge in [-0.2, -0.15) is 4.39 Å². The van der Waals surface area contributed by atoms with Crippen molar-refractivity contribution >= 4 is 11.6 Å². The van der Waals surface area contributed by atoms with Crippen LogP contribution in [0.2, 0.25) is 0 Å². The molecule has 1 atom stereocenters. The number of hydrogen-bond acceptors (Lipinski definition) is 3. The molecule has 21 heavy (non-hydrogen) atoms. The van der Waals surface area contributed by atoms with E-state index in [9.17, 15) is 19.3 Å². The van der Waals surface area contributed by atoms with Gasteiger partial charge in [0, 0.05) is 24.2 Å². The van der Waals surface area contributed by atoms with Gasteiger partial charge in [-0.3, -0.25) is 14.9 Å². The van der Waals surface area contributed by atoms with Crippen LogP contribution in [-0.2, 0) is 0 Å². The topological polar surface area (TPSA) is 63.5 Å². The molecule has 0 aromatic heterocycles. The summed E-state index contributed by atoms with van der Waals surface area (Å²) in [7, 11) is 0. The van der Waals surface area contributed by atoms with Gasteiger partial charge in [-0.05, 0) is 31.9 Å². The molecule has 1 amide bonds. The standard InChI is InChI=1S/C15H21FN2O3/c1-4-6-9-17(11(3)5-2)15(19)12-7-8-14(18(20)21)13(16)10-12/h7-8,10-11H,4-6,9H2,1-3H3. The van der Waals surface area contributed by atoms with E-state index in [4.69, 9.17) is 0 Å². The van der Waals surface area contributed by atoms with E-state index in [1.807, 2.05) is 20.8 Å². The summed E-state index contributed by atoms with van der Waals surface area (Å²) in [6.07, 6.45) is 2.62. The predicted molar refractivity (Wildman–Crippen MR) is 78.8 cm³/mol. The zero-order valence-corrected chi connectivity index (χ0v) is 12.6. The van der Waals surface area contributed by atoms with E-state index in [1.165, 1.54) is 6.07 Å². The molecule has 0 aliphatic rings. The predicted octanol–water partition coefficient (Wildman–Crippen LogP) is 3.77. The zero-order chi connectivity index (χ0) is 16.0. The first-order chi connectivity index (χ1) is 9.92. The summed E-state index contributed by atoms with van der Waals surface area (Å²) in [5, 5.41) is 10.6. The van der Waals surface area contributed by atoms with Crippen LogP contribution in [0.15, 0.2) is 18.2 Å². The van der Waals surface area contributed by atoms with Gasteiger partial charge >= 0.3 is 5.69 Å². The molecule has 0 N–H and O–H groups in total. The minimum Gasteiger partial charge on any atom is -0.336 e.